The van der Waals surface area contributed by atoms with Gasteiger partial charge in [0.15, 0.2) is 0 Å². The van der Waals surface area contributed by atoms with E-state index >= 15 is 0 Å². The first-order chi connectivity index (χ1) is 13.0. The zero-order valence-corrected chi connectivity index (χ0v) is 16.1. The second-order valence-corrected chi connectivity index (χ2v) is 8.92. The predicted octanol–water partition coefficient (Wildman–Crippen LogP) is 0.455. The molecule has 2 saturated carbocycles. The SMILES string of the molecule is C[NH+](C)CCN1C(=O)[C@@H]2[C@H]3C[C@H]([C@H]4ON=C(c5ccc(Cl)cc5)[C@@H]34)[C@@H]2C1=O. The van der Waals surface area contributed by atoms with Crippen LogP contribution in [0, 0.1) is 29.6 Å². The third-order valence-electron chi connectivity index (χ3n) is 6.76. The first-order valence-corrected chi connectivity index (χ1v) is 9.99. The number of fused-ring (bicyclic) bond motifs is 8. The molecule has 0 spiro atoms. The Bertz CT molecular complexity index is 837. The van der Waals surface area contributed by atoms with Crippen molar-refractivity contribution < 1.29 is 19.3 Å². The van der Waals surface area contributed by atoms with Crippen LogP contribution in [0.1, 0.15) is 12.0 Å². The van der Waals surface area contributed by atoms with Crippen LogP contribution in [0.4, 0.5) is 0 Å². The molecule has 1 N–H and O–H groups in total. The minimum Gasteiger partial charge on any atom is -0.391 e. The summed E-state index contributed by atoms with van der Waals surface area (Å²) in [5.41, 5.74) is 1.89. The van der Waals surface area contributed by atoms with Crippen molar-refractivity contribution in [2.45, 2.75) is 12.5 Å². The molecule has 3 fully saturated rings. The molecule has 2 bridgehead atoms. The zero-order valence-electron chi connectivity index (χ0n) is 15.4. The van der Waals surface area contributed by atoms with Crippen LogP contribution in [-0.2, 0) is 14.4 Å². The van der Waals surface area contributed by atoms with Gasteiger partial charge in [-0.25, -0.2) is 0 Å². The summed E-state index contributed by atoms with van der Waals surface area (Å²) in [6, 6.07) is 7.59. The number of amides is 2. The molecule has 2 aliphatic heterocycles. The van der Waals surface area contributed by atoms with Gasteiger partial charge in [0.2, 0.25) is 11.8 Å². The van der Waals surface area contributed by atoms with Crippen molar-refractivity contribution in [3.8, 4) is 0 Å². The van der Waals surface area contributed by atoms with Crippen LogP contribution in [0.3, 0.4) is 0 Å². The number of likely N-dealkylation sites (N-methyl/N-ethyl adjacent to an activating group) is 1. The van der Waals surface area contributed by atoms with Gasteiger partial charge in [0, 0.05) is 16.9 Å². The Morgan fingerprint density at radius 3 is 2.44 bits per heavy atom. The lowest BCUT2D eigenvalue weighted by Crippen LogP contribution is -3.06. The molecule has 2 aliphatic carbocycles. The van der Waals surface area contributed by atoms with E-state index in [0.717, 1.165) is 24.2 Å². The molecule has 7 heteroatoms. The minimum atomic E-state index is -0.222. The predicted molar refractivity (Wildman–Crippen MR) is 99.3 cm³/mol. The van der Waals surface area contributed by atoms with Crippen LogP contribution in [0.5, 0.6) is 0 Å². The molecule has 1 aromatic carbocycles. The van der Waals surface area contributed by atoms with Crippen LogP contribution >= 0.6 is 11.6 Å². The summed E-state index contributed by atoms with van der Waals surface area (Å²) in [5, 5.41) is 5.03. The topological polar surface area (TPSA) is 63.4 Å². The Kier molecular flexibility index (Phi) is 3.85. The quantitative estimate of drug-likeness (QED) is 0.762. The lowest BCUT2D eigenvalue weighted by Gasteiger charge is -2.29. The molecule has 6 atom stereocenters. The molecule has 1 saturated heterocycles. The maximum Gasteiger partial charge on any atom is 0.233 e. The Morgan fingerprint density at radius 2 is 1.78 bits per heavy atom. The third-order valence-corrected chi connectivity index (χ3v) is 7.01. The molecule has 1 aromatic rings. The van der Waals surface area contributed by atoms with Crippen molar-refractivity contribution in [2.24, 2.45) is 34.7 Å². The Morgan fingerprint density at radius 1 is 1.11 bits per heavy atom. The van der Waals surface area contributed by atoms with Gasteiger partial charge in [0.25, 0.3) is 0 Å². The summed E-state index contributed by atoms with van der Waals surface area (Å²) < 4.78 is 0. The smallest absolute Gasteiger partial charge is 0.233 e. The molecule has 2 amide bonds. The van der Waals surface area contributed by atoms with E-state index in [9.17, 15) is 9.59 Å². The number of rotatable bonds is 4. The van der Waals surface area contributed by atoms with E-state index in [4.69, 9.17) is 16.4 Å². The molecule has 0 unspecified atom stereocenters. The van der Waals surface area contributed by atoms with Gasteiger partial charge in [-0.15, -0.1) is 0 Å². The molecule has 0 aromatic heterocycles. The van der Waals surface area contributed by atoms with E-state index in [1.165, 1.54) is 9.80 Å². The molecule has 5 rings (SSSR count). The number of likely N-dealkylation sites (tertiary alicyclic amines) is 1. The lowest BCUT2D eigenvalue weighted by atomic mass is 9.71. The zero-order chi connectivity index (χ0) is 18.9. The summed E-state index contributed by atoms with van der Waals surface area (Å²) in [6.07, 6.45) is 0.791. The molecular weight excluding hydrogens is 366 g/mol. The van der Waals surface area contributed by atoms with Gasteiger partial charge in [0.1, 0.15) is 6.10 Å². The van der Waals surface area contributed by atoms with Crippen LogP contribution in [0.25, 0.3) is 0 Å². The average Bonchev–Trinajstić information content (AvgIpc) is 3.35. The van der Waals surface area contributed by atoms with E-state index in [0.29, 0.717) is 11.6 Å². The van der Waals surface area contributed by atoms with Gasteiger partial charge in [0.05, 0.1) is 44.7 Å². The fourth-order valence-corrected chi connectivity index (χ4v) is 5.73. The molecular formula is C20H23ClN3O3+. The van der Waals surface area contributed by atoms with Crippen LogP contribution in [0.15, 0.2) is 29.4 Å². The van der Waals surface area contributed by atoms with Gasteiger partial charge >= 0.3 is 0 Å². The van der Waals surface area contributed by atoms with E-state index in [-0.39, 0.29) is 47.5 Å². The summed E-state index contributed by atoms with van der Waals surface area (Å²) in [6.45, 7) is 1.27. The Hall–Kier alpha value is -1.92. The molecule has 4 aliphatic rings. The highest BCUT2D eigenvalue weighted by atomic mass is 35.5. The summed E-state index contributed by atoms with van der Waals surface area (Å²) in [4.78, 5) is 34.6. The third kappa shape index (κ3) is 2.39. The Labute approximate surface area is 163 Å². The number of carbonyl (C=O) groups is 2. The van der Waals surface area contributed by atoms with Crippen LogP contribution < -0.4 is 4.90 Å². The molecule has 0 radical (unpaired) electrons. The maximum absolute atomic E-state index is 13.1. The van der Waals surface area contributed by atoms with Crippen molar-refractivity contribution in [3.63, 3.8) is 0 Å². The summed E-state index contributed by atoms with van der Waals surface area (Å²) in [7, 11) is 4.06. The number of hydrogen-bond donors (Lipinski definition) is 1. The van der Waals surface area contributed by atoms with Crippen molar-refractivity contribution in [1.82, 2.24) is 4.90 Å². The fourth-order valence-electron chi connectivity index (χ4n) is 5.60. The fraction of sp³-hybridized carbons (Fsp3) is 0.550. The highest BCUT2D eigenvalue weighted by Gasteiger charge is 2.70. The van der Waals surface area contributed by atoms with Gasteiger partial charge < -0.3 is 9.74 Å². The van der Waals surface area contributed by atoms with Gasteiger partial charge in [-0.3, -0.25) is 14.5 Å². The number of quaternary nitrogens is 1. The lowest BCUT2D eigenvalue weighted by molar-refractivity contribution is -0.857. The number of hydrogen-bond acceptors (Lipinski definition) is 4. The maximum atomic E-state index is 13.1. The number of nitrogens with zero attached hydrogens (tertiary/aromatic N) is 2. The van der Waals surface area contributed by atoms with E-state index in [2.05, 4.69) is 5.16 Å². The average molecular weight is 389 g/mol. The highest BCUT2D eigenvalue weighted by molar-refractivity contribution is 6.30. The van der Waals surface area contributed by atoms with Crippen molar-refractivity contribution >= 4 is 29.1 Å². The molecule has 27 heavy (non-hydrogen) atoms. The number of carbonyl (C=O) groups excluding carboxylic acids is 2. The number of oxime groups is 1. The molecule has 6 nitrogen and oxygen atoms in total. The number of halogens is 1. The molecule has 142 valence electrons. The van der Waals surface area contributed by atoms with E-state index < -0.39 is 0 Å². The minimum absolute atomic E-state index is 0.000688. The number of nitrogens with one attached hydrogen (secondary N) is 1. The largest absolute Gasteiger partial charge is 0.391 e. The van der Waals surface area contributed by atoms with Crippen molar-refractivity contribution in [3.05, 3.63) is 34.9 Å². The normalized spacial score (nSPS) is 36.3. The van der Waals surface area contributed by atoms with E-state index in [1.807, 2.05) is 38.4 Å². The highest BCUT2D eigenvalue weighted by Crippen LogP contribution is 2.61. The van der Waals surface area contributed by atoms with Crippen LogP contribution in [0.2, 0.25) is 5.02 Å². The van der Waals surface area contributed by atoms with Gasteiger partial charge in [-0.2, -0.15) is 0 Å². The monoisotopic (exact) mass is 388 g/mol. The molecule has 2 heterocycles. The van der Waals surface area contributed by atoms with Crippen LogP contribution in [-0.4, -0.2) is 55.7 Å². The number of benzene rings is 1. The number of imide groups is 1. The second-order valence-electron chi connectivity index (χ2n) is 8.48. The first kappa shape index (κ1) is 17.2. The van der Waals surface area contributed by atoms with Crippen molar-refractivity contribution in [2.75, 3.05) is 27.2 Å². The van der Waals surface area contributed by atoms with Gasteiger partial charge in [-0.1, -0.05) is 28.9 Å². The summed E-state index contributed by atoms with van der Waals surface area (Å²) in [5.74, 6) is -0.100. The summed E-state index contributed by atoms with van der Waals surface area (Å²) >= 11 is 6.01. The second kappa shape index (κ2) is 6.04. The first-order valence-electron chi connectivity index (χ1n) is 9.61. The van der Waals surface area contributed by atoms with E-state index in [1.54, 1.807) is 0 Å². The van der Waals surface area contributed by atoms with Crippen molar-refractivity contribution in [1.29, 1.82) is 0 Å². The van der Waals surface area contributed by atoms with Gasteiger partial charge in [-0.05, 0) is 30.0 Å². The standard InChI is InChI=1S/C20H22ClN3O3/c1-23(2)7-8-24-19(25)14-12-9-13(15(14)20(24)26)18-16(12)17(22-27-18)10-3-5-11(21)6-4-10/h3-6,12-16,18H,7-9H2,1-2H3/p+1/t12-,13+,14-,15+,16-,18-/m1/s1. The Balaban J connectivity index is 1.42.